The van der Waals surface area contributed by atoms with Gasteiger partial charge in [-0.1, -0.05) is 36.4 Å². The van der Waals surface area contributed by atoms with Gasteiger partial charge in [-0.2, -0.15) is 0 Å². The van der Waals surface area contributed by atoms with Crippen molar-refractivity contribution in [1.82, 2.24) is 5.32 Å². The summed E-state index contributed by atoms with van der Waals surface area (Å²) in [6.45, 7) is 1.62. The molecule has 108 valence electrons. The van der Waals surface area contributed by atoms with Crippen molar-refractivity contribution in [2.75, 3.05) is 0 Å². The molecule has 2 N–H and O–H groups in total. The molecule has 0 aliphatic heterocycles. The predicted molar refractivity (Wildman–Crippen MR) is 77.5 cm³/mol. The van der Waals surface area contributed by atoms with Gasteiger partial charge in [-0.3, -0.25) is 4.79 Å². The maximum absolute atomic E-state index is 14.0. The lowest BCUT2D eigenvalue weighted by atomic mass is 10.1. The van der Waals surface area contributed by atoms with Gasteiger partial charge in [0.15, 0.2) is 0 Å². The first kappa shape index (κ1) is 13.8. The SMILES string of the molecule is Cc1cccc(C(=O)NC2c3ccccc3CC2O)c1F. The molecular weight excluding hydrogens is 269 g/mol. The Hall–Kier alpha value is -2.20. The number of aliphatic hydroxyl groups excluding tert-OH is 1. The van der Waals surface area contributed by atoms with Gasteiger partial charge in [0, 0.05) is 6.42 Å². The molecule has 0 aromatic heterocycles. The summed E-state index contributed by atoms with van der Waals surface area (Å²) in [5.41, 5.74) is 2.34. The highest BCUT2D eigenvalue weighted by atomic mass is 19.1. The molecule has 4 heteroatoms. The van der Waals surface area contributed by atoms with E-state index in [2.05, 4.69) is 5.32 Å². The topological polar surface area (TPSA) is 49.3 Å². The summed E-state index contributed by atoms with van der Waals surface area (Å²) in [5, 5.41) is 12.9. The Morgan fingerprint density at radius 3 is 2.81 bits per heavy atom. The number of rotatable bonds is 2. The molecule has 0 saturated carbocycles. The van der Waals surface area contributed by atoms with Crippen molar-refractivity contribution in [2.45, 2.75) is 25.5 Å². The molecular formula is C17H16FNO2. The fourth-order valence-electron chi connectivity index (χ4n) is 2.79. The van der Waals surface area contributed by atoms with Crippen molar-refractivity contribution >= 4 is 5.91 Å². The second-order valence-corrected chi connectivity index (χ2v) is 5.36. The number of benzene rings is 2. The van der Waals surface area contributed by atoms with Crippen LogP contribution in [-0.2, 0) is 6.42 Å². The van der Waals surface area contributed by atoms with Crippen LogP contribution in [0.4, 0.5) is 4.39 Å². The van der Waals surface area contributed by atoms with E-state index in [4.69, 9.17) is 0 Å². The number of hydrogen-bond donors (Lipinski definition) is 2. The average molecular weight is 285 g/mol. The first-order chi connectivity index (χ1) is 10.1. The molecule has 0 radical (unpaired) electrons. The lowest BCUT2D eigenvalue weighted by molar-refractivity contribution is 0.0854. The van der Waals surface area contributed by atoms with Gasteiger partial charge >= 0.3 is 0 Å². The van der Waals surface area contributed by atoms with Crippen LogP contribution >= 0.6 is 0 Å². The van der Waals surface area contributed by atoms with Gasteiger partial charge in [0.1, 0.15) is 5.82 Å². The van der Waals surface area contributed by atoms with Gasteiger partial charge < -0.3 is 10.4 Å². The van der Waals surface area contributed by atoms with Crippen LogP contribution < -0.4 is 5.32 Å². The van der Waals surface area contributed by atoms with Crippen molar-refractivity contribution in [1.29, 1.82) is 0 Å². The van der Waals surface area contributed by atoms with E-state index in [0.29, 0.717) is 12.0 Å². The predicted octanol–water partition coefficient (Wildman–Crippen LogP) is 2.52. The molecule has 0 heterocycles. The number of carbonyl (C=O) groups is 1. The second kappa shape index (κ2) is 5.30. The fraction of sp³-hybridized carbons (Fsp3) is 0.235. The van der Waals surface area contributed by atoms with E-state index in [9.17, 15) is 14.3 Å². The minimum absolute atomic E-state index is 0.00609. The minimum Gasteiger partial charge on any atom is -0.390 e. The zero-order chi connectivity index (χ0) is 15.0. The molecule has 1 amide bonds. The Labute approximate surface area is 122 Å². The van der Waals surface area contributed by atoms with Gasteiger partial charge in [-0.15, -0.1) is 0 Å². The highest BCUT2D eigenvalue weighted by molar-refractivity contribution is 5.95. The van der Waals surface area contributed by atoms with Gasteiger partial charge in [0.2, 0.25) is 0 Å². The zero-order valence-electron chi connectivity index (χ0n) is 11.6. The molecule has 0 saturated heterocycles. The summed E-state index contributed by atoms with van der Waals surface area (Å²) in [6.07, 6.45) is -0.184. The summed E-state index contributed by atoms with van der Waals surface area (Å²) < 4.78 is 14.0. The van der Waals surface area contributed by atoms with Crippen molar-refractivity contribution < 1.29 is 14.3 Å². The normalized spacial score (nSPS) is 20.1. The number of amides is 1. The third kappa shape index (κ3) is 2.43. The monoisotopic (exact) mass is 285 g/mol. The Balaban J connectivity index is 1.87. The summed E-state index contributed by atoms with van der Waals surface area (Å²) in [4.78, 5) is 12.3. The van der Waals surface area contributed by atoms with Crippen LogP contribution in [0.1, 0.15) is 33.1 Å². The summed E-state index contributed by atoms with van der Waals surface area (Å²) >= 11 is 0. The Bertz CT molecular complexity index is 699. The van der Waals surface area contributed by atoms with E-state index in [1.165, 1.54) is 6.07 Å². The molecule has 1 aliphatic carbocycles. The lowest BCUT2D eigenvalue weighted by Gasteiger charge is -2.18. The van der Waals surface area contributed by atoms with Crippen LogP contribution in [0.25, 0.3) is 0 Å². The maximum atomic E-state index is 14.0. The third-order valence-electron chi connectivity index (χ3n) is 3.93. The molecule has 0 spiro atoms. The molecule has 2 aromatic rings. The number of nitrogens with one attached hydrogen (secondary N) is 1. The van der Waals surface area contributed by atoms with E-state index < -0.39 is 23.9 Å². The van der Waals surface area contributed by atoms with E-state index in [1.54, 1.807) is 19.1 Å². The van der Waals surface area contributed by atoms with Gasteiger partial charge in [0.25, 0.3) is 5.91 Å². The third-order valence-corrected chi connectivity index (χ3v) is 3.93. The number of hydrogen-bond acceptors (Lipinski definition) is 2. The molecule has 2 aromatic carbocycles. The Morgan fingerprint density at radius 1 is 1.24 bits per heavy atom. The molecule has 0 bridgehead atoms. The van der Waals surface area contributed by atoms with Gasteiger partial charge in [0.05, 0.1) is 17.7 Å². The lowest BCUT2D eigenvalue weighted by Crippen LogP contribution is -2.34. The van der Waals surface area contributed by atoms with Crippen molar-refractivity contribution in [3.05, 3.63) is 70.5 Å². The first-order valence-corrected chi connectivity index (χ1v) is 6.90. The number of halogens is 1. The highest BCUT2D eigenvalue weighted by Crippen LogP contribution is 2.31. The number of carbonyl (C=O) groups excluding carboxylic acids is 1. The van der Waals surface area contributed by atoms with E-state index in [0.717, 1.165) is 11.1 Å². The number of aryl methyl sites for hydroxylation is 1. The maximum Gasteiger partial charge on any atom is 0.254 e. The largest absolute Gasteiger partial charge is 0.390 e. The van der Waals surface area contributed by atoms with Crippen LogP contribution in [0.5, 0.6) is 0 Å². The molecule has 3 nitrogen and oxygen atoms in total. The Kier molecular flexibility index (Phi) is 3.47. The van der Waals surface area contributed by atoms with E-state index >= 15 is 0 Å². The summed E-state index contributed by atoms with van der Waals surface area (Å²) in [6, 6.07) is 11.8. The molecule has 21 heavy (non-hydrogen) atoms. The summed E-state index contributed by atoms with van der Waals surface area (Å²) in [5.74, 6) is -1.02. The second-order valence-electron chi connectivity index (χ2n) is 5.36. The number of fused-ring (bicyclic) bond motifs is 1. The molecule has 2 unspecified atom stereocenters. The molecule has 3 rings (SSSR count). The Morgan fingerprint density at radius 2 is 2.00 bits per heavy atom. The van der Waals surface area contributed by atoms with Gasteiger partial charge in [-0.25, -0.2) is 4.39 Å². The number of aliphatic hydroxyl groups is 1. The van der Waals surface area contributed by atoms with Crippen LogP contribution in [0.2, 0.25) is 0 Å². The first-order valence-electron chi connectivity index (χ1n) is 6.90. The van der Waals surface area contributed by atoms with E-state index in [1.807, 2.05) is 24.3 Å². The van der Waals surface area contributed by atoms with Crippen LogP contribution in [0.3, 0.4) is 0 Å². The van der Waals surface area contributed by atoms with Crippen LogP contribution in [0.15, 0.2) is 42.5 Å². The smallest absolute Gasteiger partial charge is 0.254 e. The fourth-order valence-corrected chi connectivity index (χ4v) is 2.79. The van der Waals surface area contributed by atoms with Gasteiger partial charge in [-0.05, 0) is 29.7 Å². The van der Waals surface area contributed by atoms with E-state index in [-0.39, 0.29) is 5.56 Å². The van der Waals surface area contributed by atoms with Crippen molar-refractivity contribution in [2.24, 2.45) is 0 Å². The summed E-state index contributed by atoms with van der Waals surface area (Å²) in [7, 11) is 0. The zero-order valence-corrected chi connectivity index (χ0v) is 11.6. The van der Waals surface area contributed by atoms with Crippen molar-refractivity contribution in [3.8, 4) is 0 Å². The average Bonchev–Trinajstić information content (AvgIpc) is 2.78. The minimum atomic E-state index is -0.681. The highest BCUT2D eigenvalue weighted by Gasteiger charge is 2.32. The molecule has 2 atom stereocenters. The van der Waals surface area contributed by atoms with Crippen LogP contribution in [0, 0.1) is 12.7 Å². The molecule has 1 aliphatic rings. The van der Waals surface area contributed by atoms with Crippen LogP contribution in [-0.4, -0.2) is 17.1 Å². The van der Waals surface area contributed by atoms with Crippen molar-refractivity contribution in [3.63, 3.8) is 0 Å². The molecule has 0 fully saturated rings. The quantitative estimate of drug-likeness (QED) is 0.890. The standard InChI is InChI=1S/C17H16FNO2/c1-10-5-4-8-13(15(10)18)17(21)19-16-12-7-3-2-6-11(12)9-14(16)20/h2-8,14,16,20H,9H2,1H3,(H,19,21).